The van der Waals surface area contributed by atoms with E-state index in [0.717, 1.165) is 18.2 Å². The van der Waals surface area contributed by atoms with Crippen molar-refractivity contribution >= 4 is 0 Å². The first-order valence-electron chi connectivity index (χ1n) is 4.88. The van der Waals surface area contributed by atoms with Gasteiger partial charge in [-0.05, 0) is 31.9 Å². The normalized spacial score (nSPS) is 32.9. The number of nitrogens with zero attached hydrogens (tertiary/aromatic N) is 1. The average Bonchev–Trinajstić information content (AvgIpc) is 2.42. The van der Waals surface area contributed by atoms with Crippen molar-refractivity contribution < 1.29 is 4.74 Å². The summed E-state index contributed by atoms with van der Waals surface area (Å²) < 4.78 is 5.17. The van der Waals surface area contributed by atoms with E-state index in [-0.39, 0.29) is 0 Å². The van der Waals surface area contributed by atoms with E-state index in [0.29, 0.717) is 6.04 Å². The number of fused-ring (bicyclic) bond motifs is 2. The molecule has 72 valence electrons. The molecule has 1 fully saturated rings. The molecular formula is C11H17NO. The number of hydrogen-bond donors (Lipinski definition) is 0. The minimum atomic E-state index is 0.626. The highest BCUT2D eigenvalue weighted by Gasteiger charge is 2.34. The molecule has 2 nitrogen and oxygen atoms in total. The van der Waals surface area contributed by atoms with Gasteiger partial charge >= 0.3 is 0 Å². The highest BCUT2D eigenvalue weighted by molar-refractivity contribution is 5.30. The summed E-state index contributed by atoms with van der Waals surface area (Å²) in [6, 6.07) is 1.34. The SMILES string of the molecule is C=C(OC)C1=CC2CCC(C1)N2C. The van der Waals surface area contributed by atoms with Gasteiger partial charge in [-0.1, -0.05) is 12.7 Å². The minimum absolute atomic E-state index is 0.626. The molecule has 2 rings (SSSR count). The number of ether oxygens (including phenoxy) is 1. The highest BCUT2D eigenvalue weighted by Crippen LogP contribution is 2.35. The Morgan fingerprint density at radius 3 is 3.00 bits per heavy atom. The maximum atomic E-state index is 5.17. The summed E-state index contributed by atoms with van der Waals surface area (Å²) in [5.74, 6) is 0.852. The topological polar surface area (TPSA) is 12.5 Å². The molecule has 0 aromatic carbocycles. The van der Waals surface area contributed by atoms with Crippen molar-refractivity contribution in [2.75, 3.05) is 14.2 Å². The van der Waals surface area contributed by atoms with Crippen molar-refractivity contribution in [3.8, 4) is 0 Å². The number of hydrogen-bond acceptors (Lipinski definition) is 2. The van der Waals surface area contributed by atoms with Gasteiger partial charge in [0.15, 0.2) is 0 Å². The molecule has 2 heterocycles. The monoisotopic (exact) mass is 179 g/mol. The van der Waals surface area contributed by atoms with Crippen LogP contribution in [0.3, 0.4) is 0 Å². The Hall–Kier alpha value is -0.760. The smallest absolute Gasteiger partial charge is 0.114 e. The quantitative estimate of drug-likeness (QED) is 0.601. The maximum absolute atomic E-state index is 5.17. The van der Waals surface area contributed by atoms with E-state index in [1.807, 2.05) is 0 Å². The summed E-state index contributed by atoms with van der Waals surface area (Å²) in [4.78, 5) is 2.46. The van der Waals surface area contributed by atoms with Crippen molar-refractivity contribution in [3.63, 3.8) is 0 Å². The van der Waals surface area contributed by atoms with Gasteiger partial charge in [0.25, 0.3) is 0 Å². The first-order valence-corrected chi connectivity index (χ1v) is 4.88. The van der Waals surface area contributed by atoms with Gasteiger partial charge < -0.3 is 4.74 Å². The van der Waals surface area contributed by atoms with Crippen LogP contribution in [-0.4, -0.2) is 31.1 Å². The second kappa shape index (κ2) is 3.18. The fourth-order valence-electron chi connectivity index (χ4n) is 2.38. The minimum Gasteiger partial charge on any atom is -0.497 e. The fourth-order valence-corrected chi connectivity index (χ4v) is 2.38. The molecule has 2 aliphatic heterocycles. The first kappa shape index (κ1) is 8.82. The molecule has 2 unspecified atom stereocenters. The lowest BCUT2D eigenvalue weighted by molar-refractivity contribution is 0.240. The molecule has 13 heavy (non-hydrogen) atoms. The molecule has 2 atom stereocenters. The fraction of sp³-hybridized carbons (Fsp3) is 0.636. The van der Waals surface area contributed by atoms with E-state index in [2.05, 4.69) is 24.6 Å². The second-order valence-electron chi connectivity index (χ2n) is 3.99. The van der Waals surface area contributed by atoms with Crippen LogP contribution in [0.2, 0.25) is 0 Å². The Kier molecular flexibility index (Phi) is 2.16. The molecule has 0 saturated carbocycles. The third kappa shape index (κ3) is 1.39. The molecule has 0 aromatic rings. The van der Waals surface area contributed by atoms with E-state index in [4.69, 9.17) is 4.74 Å². The van der Waals surface area contributed by atoms with E-state index in [9.17, 15) is 0 Å². The number of allylic oxidation sites excluding steroid dienone is 1. The second-order valence-corrected chi connectivity index (χ2v) is 3.99. The molecule has 2 heteroatoms. The lowest BCUT2D eigenvalue weighted by atomic mass is 10.0. The van der Waals surface area contributed by atoms with Gasteiger partial charge in [0.2, 0.25) is 0 Å². The van der Waals surface area contributed by atoms with Crippen LogP contribution in [0.15, 0.2) is 24.0 Å². The number of methoxy groups -OCH3 is 1. The number of likely N-dealkylation sites (N-methyl/N-ethyl adjacent to an activating group) is 1. The van der Waals surface area contributed by atoms with Gasteiger partial charge in [-0.15, -0.1) is 0 Å². The van der Waals surface area contributed by atoms with E-state index < -0.39 is 0 Å². The van der Waals surface area contributed by atoms with Crippen LogP contribution >= 0.6 is 0 Å². The van der Waals surface area contributed by atoms with Gasteiger partial charge in [-0.2, -0.15) is 0 Å². The maximum Gasteiger partial charge on any atom is 0.114 e. The summed E-state index contributed by atoms with van der Waals surface area (Å²) in [6.07, 6.45) is 6.04. The van der Waals surface area contributed by atoms with Crippen LogP contribution in [0.1, 0.15) is 19.3 Å². The van der Waals surface area contributed by atoms with E-state index >= 15 is 0 Å². The summed E-state index contributed by atoms with van der Waals surface area (Å²) >= 11 is 0. The first-order chi connectivity index (χ1) is 6.22. The van der Waals surface area contributed by atoms with Gasteiger partial charge in [-0.25, -0.2) is 0 Å². The molecule has 0 amide bonds. The van der Waals surface area contributed by atoms with Crippen LogP contribution in [0.4, 0.5) is 0 Å². The summed E-state index contributed by atoms with van der Waals surface area (Å²) in [5, 5.41) is 0. The Labute approximate surface area is 79.9 Å². The average molecular weight is 179 g/mol. The van der Waals surface area contributed by atoms with Crippen LogP contribution in [-0.2, 0) is 4.74 Å². The Morgan fingerprint density at radius 1 is 1.62 bits per heavy atom. The predicted octanol–water partition coefficient (Wildman–Crippen LogP) is 1.94. The molecule has 0 spiro atoms. The largest absolute Gasteiger partial charge is 0.497 e. The van der Waals surface area contributed by atoms with Crippen molar-refractivity contribution in [2.45, 2.75) is 31.3 Å². The van der Waals surface area contributed by atoms with E-state index in [1.165, 1.54) is 18.4 Å². The molecule has 2 aliphatic rings. The molecule has 1 saturated heterocycles. The zero-order valence-corrected chi connectivity index (χ0v) is 8.42. The lowest BCUT2D eigenvalue weighted by Gasteiger charge is -2.30. The molecule has 0 radical (unpaired) electrons. The Bertz CT molecular complexity index is 257. The third-order valence-electron chi connectivity index (χ3n) is 3.35. The lowest BCUT2D eigenvalue weighted by Crippen LogP contribution is -2.35. The van der Waals surface area contributed by atoms with Crippen LogP contribution in [0.5, 0.6) is 0 Å². The highest BCUT2D eigenvalue weighted by atomic mass is 16.5. The summed E-state index contributed by atoms with van der Waals surface area (Å²) in [7, 11) is 3.91. The van der Waals surface area contributed by atoms with Gasteiger partial charge in [0.05, 0.1) is 7.11 Å². The molecule has 2 bridgehead atoms. The Balaban J connectivity index is 2.17. The zero-order valence-electron chi connectivity index (χ0n) is 8.42. The predicted molar refractivity (Wildman–Crippen MR) is 53.4 cm³/mol. The van der Waals surface area contributed by atoms with Crippen molar-refractivity contribution in [1.82, 2.24) is 4.90 Å². The van der Waals surface area contributed by atoms with Gasteiger partial charge in [0.1, 0.15) is 5.76 Å². The van der Waals surface area contributed by atoms with Gasteiger partial charge in [-0.3, -0.25) is 4.90 Å². The van der Waals surface area contributed by atoms with Crippen molar-refractivity contribution in [3.05, 3.63) is 24.0 Å². The third-order valence-corrected chi connectivity index (χ3v) is 3.35. The molecule has 0 aliphatic carbocycles. The van der Waals surface area contributed by atoms with Crippen molar-refractivity contribution in [1.29, 1.82) is 0 Å². The molecule has 0 N–H and O–H groups in total. The van der Waals surface area contributed by atoms with Crippen molar-refractivity contribution in [2.24, 2.45) is 0 Å². The summed E-state index contributed by atoms with van der Waals surface area (Å²) in [6.45, 7) is 3.91. The van der Waals surface area contributed by atoms with E-state index in [1.54, 1.807) is 7.11 Å². The van der Waals surface area contributed by atoms with Crippen LogP contribution in [0.25, 0.3) is 0 Å². The number of rotatable bonds is 2. The summed E-state index contributed by atoms with van der Waals surface area (Å²) in [5.41, 5.74) is 1.31. The van der Waals surface area contributed by atoms with Crippen LogP contribution in [0, 0.1) is 0 Å². The van der Waals surface area contributed by atoms with Crippen LogP contribution < -0.4 is 0 Å². The van der Waals surface area contributed by atoms with Gasteiger partial charge in [0, 0.05) is 12.1 Å². The zero-order chi connectivity index (χ0) is 9.42. The Morgan fingerprint density at radius 2 is 2.38 bits per heavy atom. The standard InChI is InChI=1S/C11H17NO/c1-8(13-3)9-6-10-4-5-11(7-9)12(10)2/h6,10-11H,1,4-5,7H2,2-3H3. The molecular weight excluding hydrogens is 162 g/mol. The molecule has 0 aromatic heterocycles.